The lowest BCUT2D eigenvalue weighted by Gasteiger charge is -2.19. The van der Waals surface area contributed by atoms with E-state index in [4.69, 9.17) is 4.74 Å². The maximum atomic E-state index is 11.7. The van der Waals surface area contributed by atoms with Crippen LogP contribution in [0.2, 0.25) is 0 Å². The lowest BCUT2D eigenvalue weighted by atomic mass is 9.89. The lowest BCUT2D eigenvalue weighted by Crippen LogP contribution is -2.24. The van der Waals surface area contributed by atoms with E-state index in [0.29, 0.717) is 32.1 Å². The molecule has 190 valence electrons. The van der Waals surface area contributed by atoms with E-state index in [1.54, 1.807) is 6.08 Å². The molecule has 1 rings (SSSR count). The number of hydrogen-bond donors (Lipinski definition) is 4. The highest BCUT2D eigenvalue weighted by molar-refractivity contribution is 5.69. The molecule has 0 aliphatic heterocycles. The molecule has 1 aliphatic carbocycles. The Balaban J connectivity index is 2.31. The summed E-state index contributed by atoms with van der Waals surface area (Å²) >= 11 is 0. The summed E-state index contributed by atoms with van der Waals surface area (Å²) in [5.74, 6) is -1.24. The van der Waals surface area contributed by atoms with E-state index >= 15 is 0 Å². The van der Waals surface area contributed by atoms with Crippen molar-refractivity contribution in [3.63, 3.8) is 0 Å². The van der Waals surface area contributed by atoms with Crippen LogP contribution in [0.4, 0.5) is 0 Å². The molecule has 1 fully saturated rings. The van der Waals surface area contributed by atoms with Gasteiger partial charge in [0, 0.05) is 25.7 Å². The Morgan fingerprint density at radius 3 is 2.45 bits per heavy atom. The second-order valence-corrected chi connectivity index (χ2v) is 8.80. The zero-order valence-electron chi connectivity index (χ0n) is 20.0. The number of carbonyl (C=O) groups excluding carboxylic acids is 2. The van der Waals surface area contributed by atoms with E-state index in [9.17, 15) is 30.0 Å². The van der Waals surface area contributed by atoms with Gasteiger partial charge < -0.3 is 29.9 Å². The van der Waals surface area contributed by atoms with Crippen molar-refractivity contribution in [2.75, 3.05) is 13.2 Å². The summed E-state index contributed by atoms with van der Waals surface area (Å²) in [6, 6.07) is 0. The minimum Gasteiger partial charge on any atom is -0.463 e. The molecular formula is C25H42O8. The number of aliphatic hydroxyl groups is 4. The quantitative estimate of drug-likeness (QED) is 0.154. The Kier molecular flexibility index (Phi) is 14.9. The van der Waals surface area contributed by atoms with E-state index in [2.05, 4.69) is 11.7 Å². The van der Waals surface area contributed by atoms with Crippen molar-refractivity contribution in [2.24, 2.45) is 11.8 Å². The lowest BCUT2D eigenvalue weighted by molar-refractivity contribution is -0.151. The maximum absolute atomic E-state index is 11.7. The third-order valence-electron chi connectivity index (χ3n) is 5.82. The summed E-state index contributed by atoms with van der Waals surface area (Å²) in [6.45, 7) is 2.93. The summed E-state index contributed by atoms with van der Waals surface area (Å²) in [5.41, 5.74) is 0. The summed E-state index contributed by atoms with van der Waals surface area (Å²) in [6.07, 6.45) is 10.9. The van der Waals surface area contributed by atoms with Gasteiger partial charge in [0.05, 0.1) is 18.3 Å². The third-order valence-corrected chi connectivity index (χ3v) is 5.82. The van der Waals surface area contributed by atoms with Crippen molar-refractivity contribution in [1.82, 2.24) is 0 Å². The van der Waals surface area contributed by atoms with Crippen molar-refractivity contribution in [3.05, 3.63) is 24.3 Å². The van der Waals surface area contributed by atoms with Crippen LogP contribution in [0.3, 0.4) is 0 Å². The molecule has 0 radical (unpaired) electrons. The fourth-order valence-electron chi connectivity index (χ4n) is 3.92. The first-order valence-corrected chi connectivity index (χ1v) is 12.1. The van der Waals surface area contributed by atoms with E-state index < -0.39 is 36.4 Å². The molecule has 8 nitrogen and oxygen atoms in total. The van der Waals surface area contributed by atoms with Crippen molar-refractivity contribution in [1.29, 1.82) is 0 Å². The molecule has 0 aromatic carbocycles. The van der Waals surface area contributed by atoms with Crippen molar-refractivity contribution < 1.29 is 39.5 Å². The van der Waals surface area contributed by atoms with Crippen LogP contribution in [0, 0.1) is 11.8 Å². The van der Waals surface area contributed by atoms with Gasteiger partial charge in [0.1, 0.15) is 19.3 Å². The molecule has 0 unspecified atom stereocenters. The molecule has 0 aromatic heterocycles. The first-order valence-electron chi connectivity index (χ1n) is 12.1. The van der Waals surface area contributed by atoms with Crippen LogP contribution in [0.25, 0.3) is 0 Å². The number of aliphatic hydroxyl groups excluding tert-OH is 4. The third kappa shape index (κ3) is 12.9. The highest BCUT2D eigenvalue weighted by Gasteiger charge is 2.39. The molecule has 0 heterocycles. The van der Waals surface area contributed by atoms with Gasteiger partial charge in [-0.2, -0.15) is 0 Å². The topological polar surface area (TPSA) is 134 Å². The van der Waals surface area contributed by atoms with E-state index in [1.165, 1.54) is 6.92 Å². The Labute approximate surface area is 197 Å². The molecule has 0 bridgehead atoms. The molecule has 0 aromatic rings. The number of allylic oxidation sites excluding steroid dienone is 2. The number of carbonyl (C=O) groups is 2. The highest BCUT2D eigenvalue weighted by Crippen LogP contribution is 2.36. The second-order valence-electron chi connectivity index (χ2n) is 8.80. The average Bonchev–Trinajstić information content (AvgIpc) is 3.03. The van der Waals surface area contributed by atoms with Crippen LogP contribution in [0.5, 0.6) is 0 Å². The van der Waals surface area contributed by atoms with Crippen molar-refractivity contribution in [3.8, 4) is 0 Å². The Bertz CT molecular complexity index is 618. The van der Waals surface area contributed by atoms with Gasteiger partial charge in [0.25, 0.3) is 0 Å². The van der Waals surface area contributed by atoms with Crippen LogP contribution in [-0.4, -0.2) is 70.0 Å². The Morgan fingerprint density at radius 2 is 1.76 bits per heavy atom. The number of rotatable bonds is 16. The summed E-state index contributed by atoms with van der Waals surface area (Å²) in [5, 5.41) is 40.3. The van der Waals surface area contributed by atoms with Crippen LogP contribution in [-0.2, 0) is 19.1 Å². The number of esters is 2. The molecule has 4 N–H and O–H groups in total. The number of unbranched alkanes of at least 4 members (excludes halogenated alkanes) is 3. The van der Waals surface area contributed by atoms with Gasteiger partial charge >= 0.3 is 11.9 Å². The molecule has 1 aliphatic rings. The number of ether oxygens (including phenoxy) is 2. The fourth-order valence-corrected chi connectivity index (χ4v) is 3.92. The van der Waals surface area contributed by atoms with Gasteiger partial charge in [-0.15, -0.1) is 0 Å². The van der Waals surface area contributed by atoms with Gasteiger partial charge in [0.2, 0.25) is 0 Å². The van der Waals surface area contributed by atoms with Gasteiger partial charge in [-0.25, -0.2) is 0 Å². The molecule has 0 amide bonds. The van der Waals surface area contributed by atoms with Gasteiger partial charge in [-0.05, 0) is 31.6 Å². The molecule has 8 heteroatoms. The smallest absolute Gasteiger partial charge is 0.305 e. The zero-order chi connectivity index (χ0) is 24.6. The largest absolute Gasteiger partial charge is 0.463 e. The highest BCUT2D eigenvalue weighted by atomic mass is 16.6. The Hall–Kier alpha value is -1.74. The van der Waals surface area contributed by atoms with Crippen LogP contribution >= 0.6 is 0 Å². The predicted molar refractivity (Wildman–Crippen MR) is 124 cm³/mol. The Morgan fingerprint density at radius 1 is 1.03 bits per heavy atom. The SMILES string of the molecule is CCCCC[C@H](O)/C=C/[C@@H]1[C@@H](C/C=C/CCCC(=O)OC[C@H](O)COC(C)=O)[C@@H](O)C[C@H]1O. The first-order chi connectivity index (χ1) is 15.7. The molecule has 0 spiro atoms. The standard InChI is InChI=1S/C25H42O8/c1-3-4-7-10-19(27)13-14-22-21(23(29)15-24(22)30)11-8-5-6-9-12-25(31)33-17-20(28)16-32-18(2)26/h5,8,13-14,19-24,27-30H,3-4,6-7,9-12,15-17H2,1-2H3/b8-5+,14-13+/t19-,20+,21+,22+,23-,24+/m0/s1. The minimum atomic E-state index is -1.04. The van der Waals surface area contributed by atoms with E-state index in [1.807, 2.05) is 18.2 Å². The molecule has 1 saturated carbocycles. The van der Waals surface area contributed by atoms with Gasteiger partial charge in [0.15, 0.2) is 0 Å². The van der Waals surface area contributed by atoms with Crippen molar-refractivity contribution in [2.45, 2.75) is 96.1 Å². The van der Waals surface area contributed by atoms with Crippen molar-refractivity contribution >= 4 is 11.9 Å². The molecule has 33 heavy (non-hydrogen) atoms. The number of hydrogen-bond acceptors (Lipinski definition) is 8. The zero-order valence-corrected chi connectivity index (χ0v) is 20.0. The normalized spacial score (nSPS) is 24.9. The van der Waals surface area contributed by atoms with Gasteiger partial charge in [-0.1, -0.05) is 50.5 Å². The second kappa shape index (κ2) is 16.8. The van der Waals surface area contributed by atoms with Crippen LogP contribution in [0.1, 0.15) is 71.6 Å². The molecule has 0 saturated heterocycles. The van der Waals surface area contributed by atoms with E-state index in [-0.39, 0.29) is 31.5 Å². The van der Waals surface area contributed by atoms with Gasteiger partial charge in [-0.3, -0.25) is 9.59 Å². The molecular weight excluding hydrogens is 428 g/mol. The summed E-state index contributed by atoms with van der Waals surface area (Å²) in [7, 11) is 0. The summed E-state index contributed by atoms with van der Waals surface area (Å²) < 4.78 is 9.58. The predicted octanol–water partition coefficient (Wildman–Crippen LogP) is 2.43. The molecule has 6 atom stereocenters. The van der Waals surface area contributed by atoms with E-state index in [0.717, 1.165) is 19.3 Å². The summed E-state index contributed by atoms with van der Waals surface area (Å²) in [4.78, 5) is 22.4. The monoisotopic (exact) mass is 470 g/mol. The maximum Gasteiger partial charge on any atom is 0.305 e. The van der Waals surface area contributed by atoms with Crippen LogP contribution in [0.15, 0.2) is 24.3 Å². The first kappa shape index (κ1) is 29.3. The average molecular weight is 471 g/mol. The fraction of sp³-hybridized carbons (Fsp3) is 0.760. The minimum absolute atomic E-state index is 0.112. The van der Waals surface area contributed by atoms with Crippen LogP contribution < -0.4 is 0 Å².